The van der Waals surface area contributed by atoms with Crippen LogP contribution in [0.1, 0.15) is 12.8 Å². The van der Waals surface area contributed by atoms with Gasteiger partial charge in [-0.05, 0) is 24.9 Å². The van der Waals surface area contributed by atoms with Crippen molar-refractivity contribution in [2.24, 2.45) is 17.4 Å². The molecule has 1 heterocycles. The zero-order valence-corrected chi connectivity index (χ0v) is 10.3. The van der Waals surface area contributed by atoms with Gasteiger partial charge in [0.1, 0.15) is 0 Å². The fraction of sp³-hybridized carbons (Fsp3) is 0.800. The predicted octanol–water partition coefficient (Wildman–Crippen LogP) is -0.599. The standard InChI is InChI=1S/C10H19N3O2S/c1-16-5-3-8(11)10(15)13-4-2-7(6-13)9(12)14/h7-8H,2-6,11H2,1H3,(H2,12,14)/t7?,8-/m0/s1. The fourth-order valence-electron chi connectivity index (χ4n) is 1.80. The summed E-state index contributed by atoms with van der Waals surface area (Å²) in [5, 5.41) is 0. The number of carbonyl (C=O) groups excluding carboxylic acids is 2. The lowest BCUT2D eigenvalue weighted by molar-refractivity contribution is -0.131. The van der Waals surface area contributed by atoms with Crippen LogP contribution in [0.4, 0.5) is 0 Å². The molecule has 0 aromatic heterocycles. The SMILES string of the molecule is CSCC[C@H](N)C(=O)N1CCC(C(N)=O)C1. The smallest absolute Gasteiger partial charge is 0.239 e. The summed E-state index contributed by atoms with van der Waals surface area (Å²) in [6.07, 6.45) is 3.32. The van der Waals surface area contributed by atoms with Crippen molar-refractivity contribution in [1.29, 1.82) is 0 Å². The minimum Gasteiger partial charge on any atom is -0.369 e. The number of thioether (sulfide) groups is 1. The molecular weight excluding hydrogens is 226 g/mol. The van der Waals surface area contributed by atoms with E-state index in [4.69, 9.17) is 11.5 Å². The van der Waals surface area contributed by atoms with Crippen LogP contribution in [-0.2, 0) is 9.59 Å². The third-order valence-corrected chi connectivity index (χ3v) is 3.50. The lowest BCUT2D eigenvalue weighted by Crippen LogP contribution is -2.43. The molecule has 2 amide bonds. The maximum atomic E-state index is 11.9. The van der Waals surface area contributed by atoms with Gasteiger partial charge in [-0.2, -0.15) is 11.8 Å². The van der Waals surface area contributed by atoms with Crippen molar-refractivity contribution in [1.82, 2.24) is 4.90 Å². The Bertz CT molecular complexity index is 273. The summed E-state index contributed by atoms with van der Waals surface area (Å²) in [4.78, 5) is 24.5. The van der Waals surface area contributed by atoms with Gasteiger partial charge >= 0.3 is 0 Å². The maximum Gasteiger partial charge on any atom is 0.239 e. The molecule has 0 aliphatic carbocycles. The number of nitrogens with zero attached hydrogens (tertiary/aromatic N) is 1. The molecule has 0 aromatic carbocycles. The fourth-order valence-corrected chi connectivity index (χ4v) is 2.29. The number of rotatable bonds is 5. The molecule has 0 radical (unpaired) electrons. The van der Waals surface area contributed by atoms with E-state index in [-0.39, 0.29) is 17.7 Å². The van der Waals surface area contributed by atoms with Gasteiger partial charge in [0.15, 0.2) is 0 Å². The molecule has 1 aliphatic heterocycles. The van der Waals surface area contributed by atoms with Crippen LogP contribution in [0.15, 0.2) is 0 Å². The summed E-state index contributed by atoms with van der Waals surface area (Å²) in [5.41, 5.74) is 11.0. The minimum absolute atomic E-state index is 0.0576. The summed E-state index contributed by atoms with van der Waals surface area (Å²) in [6.45, 7) is 1.03. The molecule has 1 saturated heterocycles. The Morgan fingerprint density at radius 2 is 2.25 bits per heavy atom. The number of primary amides is 1. The summed E-state index contributed by atoms with van der Waals surface area (Å²) < 4.78 is 0. The molecule has 0 saturated carbocycles. The van der Waals surface area contributed by atoms with E-state index in [1.54, 1.807) is 16.7 Å². The van der Waals surface area contributed by atoms with E-state index >= 15 is 0 Å². The van der Waals surface area contributed by atoms with Gasteiger partial charge in [0.25, 0.3) is 0 Å². The number of amides is 2. The van der Waals surface area contributed by atoms with Crippen LogP contribution in [0, 0.1) is 5.92 Å². The molecule has 1 unspecified atom stereocenters. The first kappa shape index (κ1) is 13.3. The van der Waals surface area contributed by atoms with E-state index in [2.05, 4.69) is 0 Å². The molecule has 0 aromatic rings. The summed E-state index contributed by atoms with van der Waals surface area (Å²) in [5.74, 6) is 0.294. The molecular formula is C10H19N3O2S. The van der Waals surface area contributed by atoms with Crippen molar-refractivity contribution in [3.63, 3.8) is 0 Å². The van der Waals surface area contributed by atoms with Crippen molar-refractivity contribution in [2.45, 2.75) is 18.9 Å². The first-order valence-electron chi connectivity index (χ1n) is 5.39. The first-order chi connectivity index (χ1) is 7.56. The van der Waals surface area contributed by atoms with Crippen LogP contribution in [0.25, 0.3) is 0 Å². The maximum absolute atomic E-state index is 11.9. The third-order valence-electron chi connectivity index (χ3n) is 2.85. The molecule has 92 valence electrons. The van der Waals surface area contributed by atoms with E-state index < -0.39 is 6.04 Å². The second kappa shape index (κ2) is 6.10. The van der Waals surface area contributed by atoms with Crippen molar-refractivity contribution < 1.29 is 9.59 Å². The molecule has 2 atom stereocenters. The average Bonchev–Trinajstić information content (AvgIpc) is 2.74. The Balaban J connectivity index is 2.41. The summed E-state index contributed by atoms with van der Waals surface area (Å²) in [7, 11) is 0. The highest BCUT2D eigenvalue weighted by Gasteiger charge is 2.31. The molecule has 16 heavy (non-hydrogen) atoms. The number of nitrogens with two attached hydrogens (primary N) is 2. The predicted molar refractivity (Wildman–Crippen MR) is 64.9 cm³/mol. The molecule has 5 nitrogen and oxygen atoms in total. The van der Waals surface area contributed by atoms with E-state index in [0.717, 1.165) is 5.75 Å². The largest absolute Gasteiger partial charge is 0.369 e. The highest BCUT2D eigenvalue weighted by atomic mass is 32.2. The number of likely N-dealkylation sites (tertiary alicyclic amines) is 1. The molecule has 6 heteroatoms. The Morgan fingerprint density at radius 3 is 2.75 bits per heavy atom. The van der Waals surface area contributed by atoms with E-state index in [1.165, 1.54) is 0 Å². The van der Waals surface area contributed by atoms with Crippen molar-refractivity contribution in [3.05, 3.63) is 0 Å². The lowest BCUT2D eigenvalue weighted by Gasteiger charge is -2.20. The number of hydrogen-bond donors (Lipinski definition) is 2. The van der Waals surface area contributed by atoms with Crippen LogP contribution < -0.4 is 11.5 Å². The lowest BCUT2D eigenvalue weighted by atomic mass is 10.1. The molecule has 4 N–H and O–H groups in total. The Hall–Kier alpha value is -0.750. The van der Waals surface area contributed by atoms with Gasteiger partial charge in [-0.15, -0.1) is 0 Å². The molecule has 0 spiro atoms. The minimum atomic E-state index is -0.445. The second-order valence-corrected chi connectivity index (χ2v) is 5.05. The Labute approximate surface area is 99.9 Å². The highest BCUT2D eigenvalue weighted by Crippen LogP contribution is 2.17. The van der Waals surface area contributed by atoms with Gasteiger partial charge < -0.3 is 16.4 Å². The van der Waals surface area contributed by atoms with E-state index in [9.17, 15) is 9.59 Å². The molecule has 1 rings (SSSR count). The Kier molecular flexibility index (Phi) is 5.08. The van der Waals surface area contributed by atoms with Gasteiger partial charge in [-0.1, -0.05) is 0 Å². The Morgan fingerprint density at radius 1 is 1.56 bits per heavy atom. The number of hydrogen-bond acceptors (Lipinski definition) is 4. The zero-order chi connectivity index (χ0) is 12.1. The van der Waals surface area contributed by atoms with Gasteiger partial charge in [-0.3, -0.25) is 9.59 Å². The zero-order valence-electron chi connectivity index (χ0n) is 9.52. The van der Waals surface area contributed by atoms with Crippen LogP contribution in [0.2, 0.25) is 0 Å². The van der Waals surface area contributed by atoms with Crippen molar-refractivity contribution >= 4 is 23.6 Å². The normalized spacial score (nSPS) is 22.1. The third kappa shape index (κ3) is 3.38. The van der Waals surface area contributed by atoms with Crippen LogP contribution in [0.3, 0.4) is 0 Å². The van der Waals surface area contributed by atoms with Gasteiger partial charge in [0, 0.05) is 13.1 Å². The summed E-state index contributed by atoms with van der Waals surface area (Å²) in [6, 6.07) is -0.445. The van der Waals surface area contributed by atoms with Crippen LogP contribution in [-0.4, -0.2) is 47.9 Å². The molecule has 1 fully saturated rings. The van der Waals surface area contributed by atoms with E-state index in [1.807, 2.05) is 6.26 Å². The highest BCUT2D eigenvalue weighted by molar-refractivity contribution is 7.98. The van der Waals surface area contributed by atoms with Gasteiger partial charge in [0.2, 0.25) is 11.8 Å². The van der Waals surface area contributed by atoms with E-state index in [0.29, 0.717) is 25.9 Å². The molecule has 0 bridgehead atoms. The van der Waals surface area contributed by atoms with Gasteiger partial charge in [-0.25, -0.2) is 0 Å². The van der Waals surface area contributed by atoms with Crippen LogP contribution >= 0.6 is 11.8 Å². The quantitative estimate of drug-likeness (QED) is 0.677. The van der Waals surface area contributed by atoms with Crippen LogP contribution in [0.5, 0.6) is 0 Å². The van der Waals surface area contributed by atoms with Crippen molar-refractivity contribution in [2.75, 3.05) is 25.1 Å². The van der Waals surface area contributed by atoms with Gasteiger partial charge in [0.05, 0.1) is 12.0 Å². The number of carbonyl (C=O) groups is 2. The second-order valence-electron chi connectivity index (χ2n) is 4.06. The first-order valence-corrected chi connectivity index (χ1v) is 6.78. The van der Waals surface area contributed by atoms with Crippen molar-refractivity contribution in [3.8, 4) is 0 Å². The topological polar surface area (TPSA) is 89.4 Å². The summed E-state index contributed by atoms with van der Waals surface area (Å²) >= 11 is 1.67. The molecule has 1 aliphatic rings. The average molecular weight is 245 g/mol. The monoisotopic (exact) mass is 245 g/mol.